The van der Waals surface area contributed by atoms with Crippen LogP contribution in [0.25, 0.3) is 0 Å². The van der Waals surface area contributed by atoms with Gasteiger partial charge in [-0.25, -0.2) is 8.42 Å². The molecule has 4 nitrogen and oxygen atoms in total. The standard InChI is InChI=1S/C19H17Cl2NO3S/c20-13-3-1-12(2-4-13)19-17-10-7-15(11-18(17)23)22(19)26(24,25)16-8-5-14(21)6-9-16/h1-6,8-9,15,17,19H,7,10-11H2/t15-,17+,19+/m0/s1. The van der Waals surface area contributed by atoms with Gasteiger partial charge in [-0.15, -0.1) is 0 Å². The summed E-state index contributed by atoms with van der Waals surface area (Å²) in [6.45, 7) is 0. The second-order valence-electron chi connectivity index (χ2n) is 6.79. The molecule has 0 aromatic heterocycles. The first-order chi connectivity index (χ1) is 12.4. The van der Waals surface area contributed by atoms with E-state index in [-0.39, 0.29) is 29.1 Å². The highest BCUT2D eigenvalue weighted by molar-refractivity contribution is 7.89. The largest absolute Gasteiger partial charge is 0.299 e. The lowest BCUT2D eigenvalue weighted by molar-refractivity contribution is -0.133. The smallest absolute Gasteiger partial charge is 0.243 e. The number of hydrogen-bond donors (Lipinski definition) is 0. The Labute approximate surface area is 162 Å². The zero-order valence-electron chi connectivity index (χ0n) is 13.8. The molecule has 136 valence electrons. The van der Waals surface area contributed by atoms with E-state index in [1.54, 1.807) is 24.3 Å². The van der Waals surface area contributed by atoms with Crippen LogP contribution in [-0.4, -0.2) is 24.5 Å². The van der Waals surface area contributed by atoms with Gasteiger partial charge in [0.05, 0.1) is 10.9 Å². The van der Waals surface area contributed by atoms with Crippen LogP contribution >= 0.6 is 23.2 Å². The van der Waals surface area contributed by atoms with Gasteiger partial charge in [0, 0.05) is 28.4 Å². The van der Waals surface area contributed by atoms with Crippen LogP contribution in [-0.2, 0) is 14.8 Å². The van der Waals surface area contributed by atoms with Crippen LogP contribution in [0.5, 0.6) is 0 Å². The minimum atomic E-state index is -3.75. The Hall–Kier alpha value is -1.40. The summed E-state index contributed by atoms with van der Waals surface area (Å²) in [6, 6.07) is 12.4. The molecule has 2 heterocycles. The van der Waals surface area contributed by atoms with E-state index in [1.165, 1.54) is 16.4 Å². The third-order valence-corrected chi connectivity index (χ3v) is 7.73. The molecule has 3 aliphatic rings. The number of Topliss-reactive ketones (excluding diaryl/α,β-unsaturated/α-hetero) is 1. The topological polar surface area (TPSA) is 54.5 Å². The Morgan fingerprint density at radius 1 is 0.885 bits per heavy atom. The van der Waals surface area contributed by atoms with Crippen LogP contribution < -0.4 is 0 Å². The third-order valence-electron chi connectivity index (χ3n) is 5.28. The maximum Gasteiger partial charge on any atom is 0.243 e. The molecule has 26 heavy (non-hydrogen) atoms. The number of sulfonamides is 1. The molecule has 2 aliphatic heterocycles. The first kappa shape index (κ1) is 18.0. The maximum absolute atomic E-state index is 13.4. The molecule has 2 aromatic carbocycles. The van der Waals surface area contributed by atoms with Crippen LogP contribution in [0.4, 0.5) is 0 Å². The highest BCUT2D eigenvalue weighted by Gasteiger charge is 2.52. The summed E-state index contributed by atoms with van der Waals surface area (Å²) in [5.74, 6) is -0.174. The fourth-order valence-corrected chi connectivity index (χ4v) is 6.20. The highest BCUT2D eigenvalue weighted by atomic mass is 35.5. The first-order valence-corrected chi connectivity index (χ1v) is 10.6. The van der Waals surface area contributed by atoms with Crippen LogP contribution in [0.2, 0.25) is 10.0 Å². The lowest BCUT2D eigenvalue weighted by atomic mass is 9.73. The van der Waals surface area contributed by atoms with Crippen molar-refractivity contribution in [1.29, 1.82) is 0 Å². The Bertz CT molecular complexity index is 942. The second kappa shape index (κ2) is 6.64. The molecule has 7 heteroatoms. The average Bonchev–Trinajstić information content (AvgIpc) is 2.62. The zero-order valence-corrected chi connectivity index (χ0v) is 16.1. The van der Waals surface area contributed by atoms with E-state index in [9.17, 15) is 13.2 Å². The number of carbonyl (C=O) groups is 1. The van der Waals surface area contributed by atoms with Crippen molar-refractivity contribution in [2.75, 3.05) is 0 Å². The van der Waals surface area contributed by atoms with Crippen molar-refractivity contribution in [2.45, 2.75) is 36.2 Å². The second-order valence-corrected chi connectivity index (χ2v) is 9.51. The van der Waals surface area contributed by atoms with E-state index >= 15 is 0 Å². The number of fused-ring (bicyclic) bond motifs is 3. The molecule has 3 atom stereocenters. The number of piperidine rings is 2. The van der Waals surface area contributed by atoms with E-state index in [1.807, 2.05) is 12.1 Å². The Morgan fingerprint density at radius 3 is 2.04 bits per heavy atom. The van der Waals surface area contributed by atoms with Crippen molar-refractivity contribution in [3.63, 3.8) is 0 Å². The molecule has 0 unspecified atom stereocenters. The minimum Gasteiger partial charge on any atom is -0.299 e. The van der Waals surface area contributed by atoms with Gasteiger partial charge in [-0.3, -0.25) is 4.79 Å². The molecular weight excluding hydrogens is 393 g/mol. The molecule has 2 saturated heterocycles. The molecule has 1 aliphatic carbocycles. The number of halogens is 2. The highest BCUT2D eigenvalue weighted by Crippen LogP contribution is 2.48. The van der Waals surface area contributed by atoms with Crippen LogP contribution in [0, 0.1) is 5.92 Å². The molecule has 2 aromatic rings. The van der Waals surface area contributed by atoms with E-state index in [0.717, 1.165) is 5.56 Å². The van der Waals surface area contributed by atoms with E-state index in [4.69, 9.17) is 23.2 Å². The Morgan fingerprint density at radius 2 is 1.46 bits per heavy atom. The van der Waals surface area contributed by atoms with Gasteiger partial charge in [0.25, 0.3) is 0 Å². The molecule has 0 N–H and O–H groups in total. The fourth-order valence-electron chi connectivity index (χ4n) is 4.09. The van der Waals surface area contributed by atoms with E-state index in [0.29, 0.717) is 22.9 Å². The normalized spacial score (nSPS) is 26.2. The van der Waals surface area contributed by atoms with Crippen LogP contribution in [0.1, 0.15) is 30.9 Å². The van der Waals surface area contributed by atoms with Crippen molar-refractivity contribution in [2.24, 2.45) is 5.92 Å². The van der Waals surface area contributed by atoms with E-state index < -0.39 is 16.1 Å². The molecule has 0 amide bonds. The quantitative estimate of drug-likeness (QED) is 0.750. The first-order valence-electron chi connectivity index (χ1n) is 8.45. The van der Waals surface area contributed by atoms with Crippen molar-refractivity contribution < 1.29 is 13.2 Å². The molecule has 5 rings (SSSR count). The number of nitrogens with zero attached hydrogens (tertiary/aromatic N) is 1. The molecule has 0 spiro atoms. The van der Waals surface area contributed by atoms with Crippen molar-refractivity contribution in [1.82, 2.24) is 4.31 Å². The number of hydrogen-bond acceptors (Lipinski definition) is 3. The van der Waals surface area contributed by atoms with Gasteiger partial charge in [-0.1, -0.05) is 35.3 Å². The fraction of sp³-hybridized carbons (Fsp3) is 0.316. The SMILES string of the molecule is O=C1C[C@@H]2CC[C@H]1[C@@H](c1ccc(Cl)cc1)N2S(=O)(=O)c1ccc(Cl)cc1. The van der Waals surface area contributed by atoms with Crippen molar-refractivity contribution in [3.05, 3.63) is 64.1 Å². The number of benzene rings is 2. The predicted octanol–water partition coefficient (Wildman–Crippen LogP) is 4.48. The van der Waals surface area contributed by atoms with E-state index in [2.05, 4.69) is 0 Å². The zero-order chi connectivity index (χ0) is 18.5. The van der Waals surface area contributed by atoms with Gasteiger partial charge < -0.3 is 0 Å². The maximum atomic E-state index is 13.4. The van der Waals surface area contributed by atoms with Crippen molar-refractivity contribution in [3.8, 4) is 0 Å². The summed E-state index contributed by atoms with van der Waals surface area (Å²) < 4.78 is 28.3. The molecule has 2 bridgehead atoms. The Kier molecular flexibility index (Phi) is 4.59. The summed E-state index contributed by atoms with van der Waals surface area (Å²) in [4.78, 5) is 12.7. The summed E-state index contributed by atoms with van der Waals surface area (Å²) in [5.41, 5.74) is 0.801. The summed E-state index contributed by atoms with van der Waals surface area (Å²) in [6.07, 6.45) is 1.69. The van der Waals surface area contributed by atoms with Gasteiger partial charge in [0.15, 0.2) is 0 Å². The molecular formula is C19H17Cl2NO3S. The molecule has 3 fully saturated rings. The van der Waals surface area contributed by atoms with Gasteiger partial charge >= 0.3 is 0 Å². The summed E-state index contributed by atoms with van der Waals surface area (Å²) in [7, 11) is -3.75. The monoisotopic (exact) mass is 409 g/mol. The van der Waals surface area contributed by atoms with Gasteiger partial charge in [-0.05, 0) is 54.8 Å². The average molecular weight is 410 g/mol. The van der Waals surface area contributed by atoms with Gasteiger partial charge in [0.1, 0.15) is 5.78 Å². The number of carbonyl (C=O) groups excluding carboxylic acids is 1. The Balaban J connectivity index is 1.82. The molecule has 0 radical (unpaired) electrons. The summed E-state index contributed by atoms with van der Waals surface area (Å²) >= 11 is 11.9. The lowest BCUT2D eigenvalue weighted by Gasteiger charge is -2.49. The predicted molar refractivity (Wildman–Crippen MR) is 101 cm³/mol. The van der Waals surface area contributed by atoms with Gasteiger partial charge in [-0.2, -0.15) is 4.31 Å². The number of ketones is 1. The van der Waals surface area contributed by atoms with Gasteiger partial charge in [0.2, 0.25) is 10.0 Å². The van der Waals surface area contributed by atoms with Crippen LogP contribution in [0.15, 0.2) is 53.4 Å². The lowest BCUT2D eigenvalue weighted by Crippen LogP contribution is -2.56. The summed E-state index contributed by atoms with van der Waals surface area (Å²) in [5, 5.41) is 1.06. The number of rotatable bonds is 3. The van der Waals surface area contributed by atoms with Crippen LogP contribution in [0.3, 0.4) is 0 Å². The molecule has 1 saturated carbocycles. The van der Waals surface area contributed by atoms with Crippen molar-refractivity contribution >= 4 is 39.0 Å². The third kappa shape index (κ3) is 2.97. The minimum absolute atomic E-state index is 0.142.